The van der Waals surface area contributed by atoms with E-state index < -0.39 is 20.9 Å². The Balaban J connectivity index is 1.78. The summed E-state index contributed by atoms with van der Waals surface area (Å²) in [5, 5.41) is 14.8. The molecule has 0 aliphatic rings. The van der Waals surface area contributed by atoms with Gasteiger partial charge in [0.2, 0.25) is 0 Å². The van der Waals surface area contributed by atoms with E-state index in [4.69, 9.17) is 4.18 Å². The highest BCUT2D eigenvalue weighted by atomic mass is 32.2. The van der Waals surface area contributed by atoms with Crippen LogP contribution in [0.25, 0.3) is 0 Å². The number of nitrogens with one attached hydrogen (secondary N) is 1. The molecule has 0 atom stereocenters. The summed E-state index contributed by atoms with van der Waals surface area (Å²) in [5.74, 6) is -0.777. The lowest BCUT2D eigenvalue weighted by molar-refractivity contribution is -0.385. The smallest absolute Gasteiger partial charge is 0.339 e. The predicted octanol–water partition coefficient (Wildman–Crippen LogP) is 3.43. The largest absolute Gasteiger partial charge is 0.378 e. The third-order valence-electron chi connectivity index (χ3n) is 4.14. The minimum atomic E-state index is -4.08. The van der Waals surface area contributed by atoms with Gasteiger partial charge >= 0.3 is 10.1 Å². The predicted molar refractivity (Wildman–Crippen MR) is 114 cm³/mol. The summed E-state index contributed by atoms with van der Waals surface area (Å²) in [5.41, 5.74) is 2.86. The van der Waals surface area contributed by atoms with E-state index in [1.54, 1.807) is 30.3 Å². The van der Waals surface area contributed by atoms with Crippen LogP contribution in [0.4, 0.5) is 5.69 Å². The number of nitro groups is 1. The van der Waals surface area contributed by atoms with Crippen LogP contribution in [0.15, 0.2) is 82.8 Å². The number of amides is 1. The standard InChI is InChI=1S/C21H17N3O6S/c1-15-10-12-17(13-11-15)31(28,29)30-20-9-5-2-6-16(20)14-22-23-21(25)18-7-3-4-8-19(18)24(26)27/h2-14H,1H3,(H,23,25). The van der Waals surface area contributed by atoms with Crippen molar-refractivity contribution in [2.24, 2.45) is 5.10 Å². The maximum absolute atomic E-state index is 12.5. The second-order valence-electron chi connectivity index (χ2n) is 6.36. The van der Waals surface area contributed by atoms with Gasteiger partial charge in [-0.15, -0.1) is 0 Å². The van der Waals surface area contributed by atoms with Gasteiger partial charge < -0.3 is 4.18 Å². The number of carbonyl (C=O) groups is 1. The summed E-state index contributed by atoms with van der Waals surface area (Å²) in [4.78, 5) is 22.6. The molecule has 0 bridgehead atoms. The summed E-state index contributed by atoms with van der Waals surface area (Å²) < 4.78 is 30.3. The lowest BCUT2D eigenvalue weighted by atomic mass is 10.2. The average molecular weight is 439 g/mol. The van der Waals surface area contributed by atoms with E-state index in [0.29, 0.717) is 0 Å². The van der Waals surface area contributed by atoms with Gasteiger partial charge in [0.1, 0.15) is 10.5 Å². The number of rotatable bonds is 7. The summed E-state index contributed by atoms with van der Waals surface area (Å²) in [6, 6.07) is 17.8. The van der Waals surface area contributed by atoms with Crippen molar-refractivity contribution in [3.63, 3.8) is 0 Å². The second kappa shape index (κ2) is 9.18. The van der Waals surface area contributed by atoms with Crippen LogP contribution in [-0.4, -0.2) is 25.5 Å². The molecule has 9 nitrogen and oxygen atoms in total. The van der Waals surface area contributed by atoms with E-state index >= 15 is 0 Å². The van der Waals surface area contributed by atoms with Gasteiger partial charge in [0, 0.05) is 11.6 Å². The third-order valence-corrected chi connectivity index (χ3v) is 5.39. The summed E-state index contributed by atoms with van der Waals surface area (Å²) in [6.07, 6.45) is 1.19. The van der Waals surface area contributed by atoms with Crippen LogP contribution in [0.3, 0.4) is 0 Å². The van der Waals surface area contributed by atoms with Crippen LogP contribution in [-0.2, 0) is 10.1 Å². The molecule has 1 N–H and O–H groups in total. The molecular formula is C21H17N3O6S. The monoisotopic (exact) mass is 439 g/mol. The molecular weight excluding hydrogens is 422 g/mol. The van der Waals surface area contributed by atoms with Crippen LogP contribution < -0.4 is 9.61 Å². The normalized spacial score (nSPS) is 11.3. The maximum atomic E-state index is 12.5. The fourth-order valence-electron chi connectivity index (χ4n) is 2.58. The molecule has 0 unspecified atom stereocenters. The van der Waals surface area contributed by atoms with Gasteiger partial charge in [-0.25, -0.2) is 5.43 Å². The van der Waals surface area contributed by atoms with Crippen LogP contribution in [0, 0.1) is 17.0 Å². The molecule has 10 heteroatoms. The molecule has 1 amide bonds. The van der Waals surface area contributed by atoms with Gasteiger partial charge in [0.25, 0.3) is 11.6 Å². The first kappa shape index (κ1) is 21.7. The first-order chi connectivity index (χ1) is 14.8. The molecule has 0 spiro atoms. The number of nitrogens with zero attached hydrogens (tertiary/aromatic N) is 2. The highest BCUT2D eigenvalue weighted by Crippen LogP contribution is 2.22. The quantitative estimate of drug-likeness (QED) is 0.260. The Kier molecular flexibility index (Phi) is 6.41. The molecule has 0 saturated carbocycles. The van der Waals surface area contributed by atoms with Crippen molar-refractivity contribution < 1.29 is 22.3 Å². The van der Waals surface area contributed by atoms with Crippen molar-refractivity contribution in [3.05, 3.63) is 99.6 Å². The van der Waals surface area contributed by atoms with Gasteiger partial charge in [0.15, 0.2) is 5.75 Å². The van der Waals surface area contributed by atoms with Crippen LogP contribution in [0.2, 0.25) is 0 Å². The molecule has 0 radical (unpaired) electrons. The minimum Gasteiger partial charge on any atom is -0.378 e. The molecule has 3 aromatic rings. The zero-order valence-corrected chi connectivity index (χ0v) is 17.1. The highest BCUT2D eigenvalue weighted by Gasteiger charge is 2.19. The molecule has 3 aromatic carbocycles. The van der Waals surface area contributed by atoms with Crippen molar-refractivity contribution >= 4 is 27.9 Å². The molecule has 0 fully saturated rings. The Hall–Kier alpha value is -4.05. The van der Waals surface area contributed by atoms with Gasteiger partial charge in [0.05, 0.1) is 11.1 Å². The third kappa shape index (κ3) is 5.31. The number of para-hydroxylation sites is 2. The number of carbonyl (C=O) groups excluding carboxylic acids is 1. The van der Waals surface area contributed by atoms with E-state index in [1.165, 1.54) is 48.7 Å². The summed E-state index contributed by atoms with van der Waals surface area (Å²) in [6.45, 7) is 1.83. The average Bonchev–Trinajstić information content (AvgIpc) is 2.75. The van der Waals surface area contributed by atoms with Crippen molar-refractivity contribution in [2.45, 2.75) is 11.8 Å². The van der Waals surface area contributed by atoms with Gasteiger partial charge in [-0.05, 0) is 37.3 Å². The number of benzene rings is 3. The zero-order valence-electron chi connectivity index (χ0n) is 16.3. The van der Waals surface area contributed by atoms with Gasteiger partial charge in [-0.2, -0.15) is 13.5 Å². The maximum Gasteiger partial charge on any atom is 0.339 e. The second-order valence-corrected chi connectivity index (χ2v) is 7.91. The Morgan fingerprint density at radius 3 is 2.39 bits per heavy atom. The first-order valence-electron chi connectivity index (χ1n) is 8.95. The van der Waals surface area contributed by atoms with E-state index in [2.05, 4.69) is 10.5 Å². The summed E-state index contributed by atoms with van der Waals surface area (Å²) in [7, 11) is -4.08. The van der Waals surface area contributed by atoms with E-state index in [0.717, 1.165) is 5.56 Å². The van der Waals surface area contributed by atoms with E-state index in [-0.39, 0.29) is 27.5 Å². The fourth-order valence-corrected chi connectivity index (χ4v) is 3.53. The topological polar surface area (TPSA) is 128 Å². The lowest BCUT2D eigenvalue weighted by Crippen LogP contribution is -2.19. The molecule has 31 heavy (non-hydrogen) atoms. The SMILES string of the molecule is Cc1ccc(S(=O)(=O)Oc2ccccc2C=NNC(=O)c2ccccc2[N+](=O)[O-])cc1. The number of hydrogen-bond donors (Lipinski definition) is 1. The van der Waals surface area contributed by atoms with Crippen molar-refractivity contribution in [3.8, 4) is 5.75 Å². The Morgan fingerprint density at radius 2 is 1.68 bits per heavy atom. The van der Waals surface area contributed by atoms with Crippen LogP contribution in [0.1, 0.15) is 21.5 Å². The molecule has 0 aliphatic heterocycles. The number of hydrazone groups is 1. The van der Waals surface area contributed by atoms with Crippen molar-refractivity contribution in [1.82, 2.24) is 5.43 Å². The van der Waals surface area contributed by atoms with Crippen LogP contribution in [0.5, 0.6) is 5.75 Å². The van der Waals surface area contributed by atoms with Crippen LogP contribution >= 0.6 is 0 Å². The minimum absolute atomic E-state index is 0.00506. The highest BCUT2D eigenvalue weighted by molar-refractivity contribution is 7.87. The number of hydrogen-bond acceptors (Lipinski definition) is 7. The Bertz CT molecular complexity index is 1250. The molecule has 0 aromatic heterocycles. The van der Waals surface area contributed by atoms with Crippen molar-refractivity contribution in [2.75, 3.05) is 0 Å². The fraction of sp³-hybridized carbons (Fsp3) is 0.0476. The molecule has 0 aliphatic carbocycles. The van der Waals surface area contributed by atoms with E-state index in [1.807, 2.05) is 6.92 Å². The molecule has 158 valence electrons. The number of nitro benzene ring substituents is 1. The van der Waals surface area contributed by atoms with Gasteiger partial charge in [-0.3, -0.25) is 14.9 Å². The number of aryl methyl sites for hydroxylation is 1. The molecule has 0 heterocycles. The Labute approximate surface area is 178 Å². The molecule has 3 rings (SSSR count). The van der Waals surface area contributed by atoms with Crippen molar-refractivity contribution in [1.29, 1.82) is 0 Å². The first-order valence-corrected chi connectivity index (χ1v) is 10.4. The Morgan fingerprint density at radius 1 is 1.03 bits per heavy atom. The zero-order chi connectivity index (χ0) is 22.4. The van der Waals surface area contributed by atoms with Gasteiger partial charge in [-0.1, -0.05) is 42.0 Å². The van der Waals surface area contributed by atoms with E-state index in [9.17, 15) is 23.3 Å². The lowest BCUT2D eigenvalue weighted by Gasteiger charge is -2.09. The summed E-state index contributed by atoms with van der Waals surface area (Å²) >= 11 is 0. The molecule has 0 saturated heterocycles.